The lowest BCUT2D eigenvalue weighted by Gasteiger charge is -2.22. The summed E-state index contributed by atoms with van der Waals surface area (Å²) in [4.78, 5) is 22.9. The minimum absolute atomic E-state index is 0.0636. The molecule has 0 radical (unpaired) electrons. The Labute approximate surface area is 96.9 Å². The van der Waals surface area contributed by atoms with Gasteiger partial charge in [-0.25, -0.2) is 0 Å². The normalized spacial score (nSPS) is 13.1. The lowest BCUT2D eigenvalue weighted by Crippen LogP contribution is -2.42. The molecule has 0 rings (SSSR count). The van der Waals surface area contributed by atoms with E-state index in [-0.39, 0.29) is 24.3 Å². The number of hydrogen-bond donors (Lipinski definition) is 2. The molecule has 0 heterocycles. The first kappa shape index (κ1) is 14.9. The van der Waals surface area contributed by atoms with Gasteiger partial charge >= 0.3 is 5.97 Å². The molecule has 1 atom stereocenters. The summed E-state index contributed by atoms with van der Waals surface area (Å²) in [5.41, 5.74) is -0.691. The van der Waals surface area contributed by atoms with Gasteiger partial charge in [-0.1, -0.05) is 6.92 Å². The van der Waals surface area contributed by atoms with Crippen LogP contribution in [0.15, 0.2) is 0 Å². The topological polar surface area (TPSA) is 67.4 Å². The number of rotatable bonds is 6. The van der Waals surface area contributed by atoms with Crippen molar-refractivity contribution >= 4 is 11.9 Å². The third kappa shape index (κ3) is 4.61. The monoisotopic (exact) mass is 230 g/mol. The van der Waals surface area contributed by atoms with Crippen LogP contribution in [-0.2, 0) is 14.3 Å². The third-order valence-electron chi connectivity index (χ3n) is 2.40. The number of esters is 1. The van der Waals surface area contributed by atoms with Gasteiger partial charge in [0, 0.05) is 19.0 Å². The van der Waals surface area contributed by atoms with Crippen LogP contribution in [-0.4, -0.2) is 39.1 Å². The van der Waals surface area contributed by atoms with E-state index in [1.54, 1.807) is 20.9 Å². The van der Waals surface area contributed by atoms with Crippen molar-refractivity contribution in [3.8, 4) is 0 Å². The van der Waals surface area contributed by atoms with Crippen LogP contribution < -0.4 is 10.6 Å². The van der Waals surface area contributed by atoms with E-state index in [1.807, 2.05) is 6.92 Å². The predicted molar refractivity (Wildman–Crippen MR) is 61.9 cm³/mol. The summed E-state index contributed by atoms with van der Waals surface area (Å²) >= 11 is 0. The molecule has 16 heavy (non-hydrogen) atoms. The Kier molecular flexibility index (Phi) is 6.03. The molecule has 0 aromatic rings. The molecular formula is C11H22N2O3. The molecule has 0 aliphatic carbocycles. The standard InChI is InChI=1S/C11H22N2O3/c1-8(6-12-4)9(14)13-7-11(2,3)10(15)16-5/h8,12H,6-7H2,1-5H3,(H,13,14). The van der Waals surface area contributed by atoms with Crippen molar-refractivity contribution in [1.29, 1.82) is 0 Å². The molecule has 0 fully saturated rings. The number of carbonyl (C=O) groups excluding carboxylic acids is 2. The molecule has 0 bridgehead atoms. The van der Waals surface area contributed by atoms with Gasteiger partial charge in [-0.05, 0) is 20.9 Å². The zero-order valence-electron chi connectivity index (χ0n) is 10.7. The average molecular weight is 230 g/mol. The molecule has 5 nitrogen and oxygen atoms in total. The van der Waals surface area contributed by atoms with E-state index in [0.29, 0.717) is 6.54 Å². The summed E-state index contributed by atoms with van der Waals surface area (Å²) in [6.45, 7) is 6.21. The number of carbonyl (C=O) groups is 2. The second kappa shape index (κ2) is 6.48. The average Bonchev–Trinajstić information content (AvgIpc) is 2.25. The molecule has 0 saturated carbocycles. The maximum atomic E-state index is 11.6. The fraction of sp³-hybridized carbons (Fsp3) is 0.818. The highest BCUT2D eigenvalue weighted by atomic mass is 16.5. The van der Waals surface area contributed by atoms with E-state index in [2.05, 4.69) is 15.4 Å². The van der Waals surface area contributed by atoms with Gasteiger partial charge < -0.3 is 15.4 Å². The van der Waals surface area contributed by atoms with Gasteiger partial charge in [0.15, 0.2) is 0 Å². The number of hydrogen-bond acceptors (Lipinski definition) is 4. The fourth-order valence-corrected chi connectivity index (χ4v) is 1.23. The maximum Gasteiger partial charge on any atom is 0.313 e. The highest BCUT2D eigenvalue weighted by molar-refractivity contribution is 5.80. The molecule has 1 amide bonds. The lowest BCUT2D eigenvalue weighted by atomic mass is 9.93. The van der Waals surface area contributed by atoms with Crippen LogP contribution in [0, 0.1) is 11.3 Å². The molecule has 2 N–H and O–H groups in total. The molecular weight excluding hydrogens is 208 g/mol. The second-order valence-corrected chi connectivity index (χ2v) is 4.55. The van der Waals surface area contributed by atoms with E-state index >= 15 is 0 Å². The largest absolute Gasteiger partial charge is 0.469 e. The van der Waals surface area contributed by atoms with Crippen molar-refractivity contribution in [2.45, 2.75) is 20.8 Å². The molecule has 0 spiro atoms. The number of methoxy groups -OCH3 is 1. The molecule has 0 aliphatic rings. The van der Waals surface area contributed by atoms with Crippen LogP contribution in [0.1, 0.15) is 20.8 Å². The summed E-state index contributed by atoms with van der Waals surface area (Å²) in [5, 5.41) is 5.67. The Balaban J connectivity index is 4.14. The van der Waals surface area contributed by atoms with Crippen LogP contribution in [0.4, 0.5) is 0 Å². The van der Waals surface area contributed by atoms with Gasteiger partial charge in [0.25, 0.3) is 0 Å². The van der Waals surface area contributed by atoms with E-state index in [4.69, 9.17) is 0 Å². The Morgan fingerprint density at radius 3 is 2.38 bits per heavy atom. The molecule has 0 aliphatic heterocycles. The minimum Gasteiger partial charge on any atom is -0.469 e. The molecule has 5 heteroatoms. The van der Waals surface area contributed by atoms with Crippen molar-refractivity contribution < 1.29 is 14.3 Å². The number of ether oxygens (including phenoxy) is 1. The van der Waals surface area contributed by atoms with Gasteiger partial charge in [-0.3, -0.25) is 9.59 Å². The molecule has 0 aromatic heterocycles. The first-order chi connectivity index (χ1) is 7.35. The molecule has 94 valence electrons. The highest BCUT2D eigenvalue weighted by Gasteiger charge is 2.29. The number of nitrogens with one attached hydrogen (secondary N) is 2. The van der Waals surface area contributed by atoms with E-state index in [0.717, 1.165) is 0 Å². The maximum absolute atomic E-state index is 11.6. The summed E-state index contributed by atoms with van der Waals surface area (Å²) in [7, 11) is 3.14. The first-order valence-corrected chi connectivity index (χ1v) is 5.36. The van der Waals surface area contributed by atoms with Crippen molar-refractivity contribution in [3.63, 3.8) is 0 Å². The van der Waals surface area contributed by atoms with Crippen molar-refractivity contribution in [3.05, 3.63) is 0 Å². The second-order valence-electron chi connectivity index (χ2n) is 4.55. The Morgan fingerprint density at radius 1 is 1.38 bits per heavy atom. The van der Waals surface area contributed by atoms with Gasteiger partial charge in [-0.2, -0.15) is 0 Å². The third-order valence-corrected chi connectivity index (χ3v) is 2.40. The quantitative estimate of drug-likeness (QED) is 0.638. The van der Waals surface area contributed by atoms with Crippen LogP contribution in [0.3, 0.4) is 0 Å². The molecule has 0 saturated heterocycles. The summed E-state index contributed by atoms with van der Waals surface area (Å²) < 4.78 is 4.65. The van der Waals surface area contributed by atoms with E-state index < -0.39 is 5.41 Å². The van der Waals surface area contributed by atoms with Gasteiger partial charge in [-0.15, -0.1) is 0 Å². The van der Waals surface area contributed by atoms with Crippen molar-refractivity contribution in [2.75, 3.05) is 27.2 Å². The van der Waals surface area contributed by atoms with Crippen LogP contribution in [0.2, 0.25) is 0 Å². The summed E-state index contributed by atoms with van der Waals surface area (Å²) in [6, 6.07) is 0. The number of amides is 1. The summed E-state index contributed by atoms with van der Waals surface area (Å²) in [6.07, 6.45) is 0. The van der Waals surface area contributed by atoms with E-state index in [9.17, 15) is 9.59 Å². The van der Waals surface area contributed by atoms with Gasteiger partial charge in [0.05, 0.1) is 12.5 Å². The highest BCUT2D eigenvalue weighted by Crippen LogP contribution is 2.15. The van der Waals surface area contributed by atoms with Gasteiger partial charge in [0.2, 0.25) is 5.91 Å². The van der Waals surface area contributed by atoms with Gasteiger partial charge in [0.1, 0.15) is 0 Å². The van der Waals surface area contributed by atoms with Crippen LogP contribution >= 0.6 is 0 Å². The van der Waals surface area contributed by atoms with Crippen molar-refractivity contribution in [1.82, 2.24) is 10.6 Å². The van der Waals surface area contributed by atoms with Crippen LogP contribution in [0.5, 0.6) is 0 Å². The van der Waals surface area contributed by atoms with E-state index in [1.165, 1.54) is 7.11 Å². The Bertz CT molecular complexity index is 252. The predicted octanol–water partition coefficient (Wildman–Crippen LogP) is 0.157. The summed E-state index contributed by atoms with van der Waals surface area (Å²) in [5.74, 6) is -0.501. The molecule has 0 aromatic carbocycles. The lowest BCUT2D eigenvalue weighted by molar-refractivity contribution is -0.150. The zero-order chi connectivity index (χ0) is 12.8. The minimum atomic E-state index is -0.691. The zero-order valence-corrected chi connectivity index (χ0v) is 10.7. The van der Waals surface area contributed by atoms with Crippen molar-refractivity contribution in [2.24, 2.45) is 11.3 Å². The fourth-order valence-electron chi connectivity index (χ4n) is 1.23. The Hall–Kier alpha value is -1.10. The smallest absolute Gasteiger partial charge is 0.313 e. The first-order valence-electron chi connectivity index (χ1n) is 5.36. The Morgan fingerprint density at radius 2 is 1.94 bits per heavy atom. The molecule has 1 unspecified atom stereocenters. The van der Waals surface area contributed by atoms with Crippen LogP contribution in [0.25, 0.3) is 0 Å². The SMILES string of the molecule is CNCC(C)C(=O)NCC(C)(C)C(=O)OC.